The third kappa shape index (κ3) is 1.49. The summed E-state index contributed by atoms with van der Waals surface area (Å²) in [7, 11) is 0. The molecule has 1 aliphatic rings. The summed E-state index contributed by atoms with van der Waals surface area (Å²) in [6.07, 6.45) is 9.13. The first kappa shape index (κ1) is 12.8. The summed E-state index contributed by atoms with van der Waals surface area (Å²) >= 11 is 1.96. The summed E-state index contributed by atoms with van der Waals surface area (Å²) in [5, 5.41) is 5.56. The number of allylic oxidation sites excluding steroid dienone is 1. The molecule has 3 heterocycles. The van der Waals surface area contributed by atoms with Gasteiger partial charge in [-0.25, -0.2) is 0 Å². The van der Waals surface area contributed by atoms with Gasteiger partial charge in [-0.1, -0.05) is 36.4 Å². The molecule has 114 valence electrons. The quantitative estimate of drug-likeness (QED) is 0.289. The SMILES string of the molecule is C1=Cc2sc3c(ccc4c5ccccc5n5cccc5c43)c2CC1. The Hall–Kier alpha value is -2.58. The lowest BCUT2D eigenvalue weighted by Gasteiger charge is -2.10. The van der Waals surface area contributed by atoms with Crippen LogP contribution in [0.1, 0.15) is 16.9 Å². The van der Waals surface area contributed by atoms with Crippen LogP contribution < -0.4 is 0 Å². The van der Waals surface area contributed by atoms with Crippen LogP contribution in [0.3, 0.4) is 0 Å². The average molecular weight is 325 g/mol. The molecule has 0 saturated heterocycles. The third-order valence-electron chi connectivity index (χ3n) is 5.28. The largest absolute Gasteiger partial charge is 0.316 e. The number of nitrogens with zero attached hydrogens (tertiary/aromatic N) is 1. The average Bonchev–Trinajstić information content (AvgIpc) is 3.26. The van der Waals surface area contributed by atoms with E-state index in [1.807, 2.05) is 11.3 Å². The molecule has 2 heteroatoms. The fraction of sp³-hybridized carbons (Fsp3) is 0.0909. The van der Waals surface area contributed by atoms with Crippen molar-refractivity contribution >= 4 is 54.7 Å². The zero-order valence-corrected chi connectivity index (χ0v) is 13.9. The second kappa shape index (κ2) is 4.49. The first-order chi connectivity index (χ1) is 11.9. The number of aromatic nitrogens is 1. The number of rotatable bonds is 0. The molecule has 1 aliphatic carbocycles. The van der Waals surface area contributed by atoms with E-state index >= 15 is 0 Å². The van der Waals surface area contributed by atoms with Gasteiger partial charge in [-0.2, -0.15) is 0 Å². The molecule has 24 heavy (non-hydrogen) atoms. The highest BCUT2D eigenvalue weighted by atomic mass is 32.1. The summed E-state index contributed by atoms with van der Waals surface area (Å²) in [6, 6.07) is 17.8. The first-order valence-corrected chi connectivity index (χ1v) is 9.26. The minimum Gasteiger partial charge on any atom is -0.316 e. The van der Waals surface area contributed by atoms with Crippen molar-refractivity contribution in [3.05, 3.63) is 71.2 Å². The molecule has 5 aromatic rings. The maximum Gasteiger partial charge on any atom is 0.0549 e. The van der Waals surface area contributed by atoms with E-state index in [1.165, 1.54) is 54.1 Å². The highest BCUT2D eigenvalue weighted by Crippen LogP contribution is 2.42. The number of hydrogen-bond acceptors (Lipinski definition) is 1. The van der Waals surface area contributed by atoms with Crippen molar-refractivity contribution in [2.75, 3.05) is 0 Å². The molecule has 2 aromatic carbocycles. The molecular weight excluding hydrogens is 310 g/mol. The summed E-state index contributed by atoms with van der Waals surface area (Å²) in [6.45, 7) is 0. The van der Waals surface area contributed by atoms with Crippen LogP contribution in [-0.2, 0) is 6.42 Å². The Morgan fingerprint density at radius 2 is 1.71 bits per heavy atom. The molecule has 0 radical (unpaired) electrons. The molecule has 0 bridgehead atoms. The van der Waals surface area contributed by atoms with Crippen LogP contribution in [-0.4, -0.2) is 4.40 Å². The highest BCUT2D eigenvalue weighted by molar-refractivity contribution is 7.21. The molecule has 6 rings (SSSR count). The normalized spacial score (nSPS) is 14.2. The zero-order chi connectivity index (χ0) is 15.7. The summed E-state index contributed by atoms with van der Waals surface area (Å²) in [5.41, 5.74) is 4.14. The Bertz CT molecular complexity index is 1300. The first-order valence-electron chi connectivity index (χ1n) is 8.44. The maximum absolute atomic E-state index is 2.35. The van der Waals surface area contributed by atoms with E-state index in [9.17, 15) is 0 Å². The van der Waals surface area contributed by atoms with Gasteiger partial charge < -0.3 is 4.40 Å². The Kier molecular flexibility index (Phi) is 2.39. The lowest BCUT2D eigenvalue weighted by molar-refractivity contribution is 1.01. The Balaban J connectivity index is 1.95. The number of aryl methyl sites for hydroxylation is 1. The minimum atomic E-state index is 1.16. The lowest BCUT2D eigenvalue weighted by atomic mass is 9.98. The van der Waals surface area contributed by atoms with Gasteiger partial charge in [-0.05, 0) is 53.5 Å². The van der Waals surface area contributed by atoms with Gasteiger partial charge in [0.1, 0.15) is 0 Å². The van der Waals surface area contributed by atoms with Crippen LogP contribution >= 0.6 is 11.3 Å². The van der Waals surface area contributed by atoms with Crippen LogP contribution in [0.15, 0.2) is 60.8 Å². The van der Waals surface area contributed by atoms with Gasteiger partial charge in [0.2, 0.25) is 0 Å². The second-order valence-electron chi connectivity index (χ2n) is 6.53. The number of fused-ring (bicyclic) bond motifs is 10. The Morgan fingerprint density at radius 3 is 2.71 bits per heavy atom. The van der Waals surface area contributed by atoms with Crippen LogP contribution in [0.25, 0.3) is 43.4 Å². The number of benzene rings is 2. The monoisotopic (exact) mass is 325 g/mol. The van der Waals surface area contributed by atoms with E-state index < -0.39 is 0 Å². The zero-order valence-electron chi connectivity index (χ0n) is 13.1. The standard InChI is InChI=1S/C22H15NS/c1-3-8-18-14(6-1)16-11-12-17-15-7-2-4-10-20(15)24-22(17)21(16)19-9-5-13-23(18)19/h1,3-6,8-13H,2,7H2. The van der Waals surface area contributed by atoms with Crippen molar-refractivity contribution in [3.63, 3.8) is 0 Å². The topological polar surface area (TPSA) is 4.41 Å². The van der Waals surface area contributed by atoms with Gasteiger partial charge in [0.15, 0.2) is 0 Å². The van der Waals surface area contributed by atoms with Gasteiger partial charge in [-0.15, -0.1) is 11.3 Å². The summed E-state index contributed by atoms with van der Waals surface area (Å²) < 4.78 is 3.78. The van der Waals surface area contributed by atoms with E-state index in [4.69, 9.17) is 0 Å². The van der Waals surface area contributed by atoms with E-state index in [0.717, 1.165) is 6.42 Å². The van der Waals surface area contributed by atoms with Crippen molar-refractivity contribution in [2.24, 2.45) is 0 Å². The van der Waals surface area contributed by atoms with E-state index in [2.05, 4.69) is 71.3 Å². The van der Waals surface area contributed by atoms with Crippen molar-refractivity contribution in [3.8, 4) is 0 Å². The number of para-hydroxylation sites is 1. The fourth-order valence-corrected chi connectivity index (χ4v) is 5.56. The van der Waals surface area contributed by atoms with Crippen LogP contribution in [0.4, 0.5) is 0 Å². The molecule has 0 fully saturated rings. The molecule has 0 atom stereocenters. The molecule has 0 spiro atoms. The number of hydrogen-bond donors (Lipinski definition) is 0. The predicted octanol–water partition coefficient (Wildman–Crippen LogP) is 6.42. The minimum absolute atomic E-state index is 1.16. The molecule has 1 nitrogen and oxygen atoms in total. The smallest absolute Gasteiger partial charge is 0.0549 e. The van der Waals surface area contributed by atoms with Gasteiger partial charge in [0, 0.05) is 26.5 Å². The molecule has 0 amide bonds. The lowest BCUT2D eigenvalue weighted by Crippen LogP contribution is -1.90. The van der Waals surface area contributed by atoms with E-state index in [1.54, 1.807) is 0 Å². The molecule has 0 aliphatic heterocycles. The maximum atomic E-state index is 2.35. The highest BCUT2D eigenvalue weighted by Gasteiger charge is 2.17. The summed E-state index contributed by atoms with van der Waals surface area (Å²) in [5.74, 6) is 0. The Labute approximate surface area is 143 Å². The van der Waals surface area contributed by atoms with Crippen molar-refractivity contribution in [1.29, 1.82) is 0 Å². The van der Waals surface area contributed by atoms with Gasteiger partial charge >= 0.3 is 0 Å². The predicted molar refractivity (Wildman–Crippen MR) is 105 cm³/mol. The fourth-order valence-electron chi connectivity index (χ4n) is 4.23. The van der Waals surface area contributed by atoms with Crippen molar-refractivity contribution in [1.82, 2.24) is 4.40 Å². The second-order valence-corrected chi connectivity index (χ2v) is 7.58. The van der Waals surface area contributed by atoms with Gasteiger partial charge in [-0.3, -0.25) is 0 Å². The van der Waals surface area contributed by atoms with Gasteiger partial charge in [0.05, 0.1) is 11.0 Å². The van der Waals surface area contributed by atoms with Crippen molar-refractivity contribution in [2.45, 2.75) is 12.8 Å². The molecule has 0 unspecified atom stereocenters. The molecule has 3 aromatic heterocycles. The molecule has 0 saturated carbocycles. The van der Waals surface area contributed by atoms with Crippen LogP contribution in [0.2, 0.25) is 0 Å². The van der Waals surface area contributed by atoms with Crippen molar-refractivity contribution < 1.29 is 0 Å². The van der Waals surface area contributed by atoms with Crippen LogP contribution in [0.5, 0.6) is 0 Å². The number of thiophene rings is 1. The number of pyridine rings is 1. The van der Waals surface area contributed by atoms with E-state index in [-0.39, 0.29) is 0 Å². The molecular formula is C22H15NS. The third-order valence-corrected chi connectivity index (χ3v) is 6.51. The van der Waals surface area contributed by atoms with E-state index in [0.29, 0.717) is 0 Å². The summed E-state index contributed by atoms with van der Waals surface area (Å²) in [4.78, 5) is 1.45. The van der Waals surface area contributed by atoms with Crippen LogP contribution in [0, 0.1) is 0 Å². The van der Waals surface area contributed by atoms with Gasteiger partial charge in [0.25, 0.3) is 0 Å². The Morgan fingerprint density at radius 1 is 0.833 bits per heavy atom. The molecule has 0 N–H and O–H groups in total.